The van der Waals surface area contributed by atoms with Crippen LogP contribution in [0, 0.1) is 0 Å². The van der Waals surface area contributed by atoms with Gasteiger partial charge in [0, 0.05) is 15.7 Å². The maximum atomic E-state index is 13.6. The molecule has 3 rings (SSSR count). The third-order valence-electron chi connectivity index (χ3n) is 4.74. The first-order valence-electron chi connectivity index (χ1n) is 9.74. The van der Waals surface area contributed by atoms with Gasteiger partial charge in [0.25, 0.3) is 0 Å². The molecular formula is C22H25BrN2O6. The zero-order valence-electron chi connectivity index (χ0n) is 18.2. The molecule has 0 unspecified atom stereocenters. The van der Waals surface area contributed by atoms with Gasteiger partial charge in [-0.2, -0.15) is 0 Å². The minimum absolute atomic E-state index is 0.0680. The van der Waals surface area contributed by atoms with E-state index in [1.807, 2.05) is 0 Å². The highest BCUT2D eigenvalue weighted by atomic mass is 79.9. The SMILES string of the molecule is CC1=C(C(=O)OC(C)C)[C@]2(C(=O)Nc3ccc(Br)cc32)C(C(=O)OC(C)(C)C)=C(N)O1. The lowest BCUT2D eigenvalue weighted by Crippen LogP contribution is -2.49. The summed E-state index contributed by atoms with van der Waals surface area (Å²) < 4.78 is 17.2. The van der Waals surface area contributed by atoms with Gasteiger partial charge < -0.3 is 25.3 Å². The van der Waals surface area contributed by atoms with Gasteiger partial charge in [0.05, 0.1) is 6.10 Å². The van der Waals surface area contributed by atoms with Crippen LogP contribution in [0.1, 0.15) is 47.1 Å². The molecule has 2 heterocycles. The van der Waals surface area contributed by atoms with E-state index in [0.29, 0.717) is 15.7 Å². The maximum Gasteiger partial charge on any atom is 0.341 e. The summed E-state index contributed by atoms with van der Waals surface area (Å²) in [5.41, 5.74) is 3.80. The molecule has 2 aliphatic heterocycles. The predicted octanol–water partition coefficient (Wildman–Crippen LogP) is 3.41. The van der Waals surface area contributed by atoms with Gasteiger partial charge in [0.15, 0.2) is 0 Å². The lowest BCUT2D eigenvalue weighted by Gasteiger charge is -2.36. The summed E-state index contributed by atoms with van der Waals surface area (Å²) in [7, 11) is 0. The fourth-order valence-electron chi connectivity index (χ4n) is 3.76. The molecule has 1 atom stereocenters. The molecule has 2 aliphatic rings. The first kappa shape index (κ1) is 22.9. The molecule has 0 bridgehead atoms. The van der Waals surface area contributed by atoms with E-state index in [2.05, 4.69) is 21.2 Å². The highest BCUT2D eigenvalue weighted by Gasteiger charge is 2.62. The van der Waals surface area contributed by atoms with E-state index in [1.54, 1.807) is 52.8 Å². The molecule has 31 heavy (non-hydrogen) atoms. The summed E-state index contributed by atoms with van der Waals surface area (Å²) >= 11 is 3.40. The van der Waals surface area contributed by atoms with Gasteiger partial charge in [0.2, 0.25) is 11.8 Å². The number of hydrogen-bond acceptors (Lipinski definition) is 7. The standard InChI is InChI=1S/C22H25BrN2O6/c1-10(2)29-18(26)15-11(3)30-17(24)16(19(27)31-21(4,5)6)22(15)13-9-12(23)7-8-14(13)25-20(22)28/h7-10H,24H2,1-6H3,(H,25,28)/t22-/m0/s1. The second-order valence-corrected chi connectivity index (χ2v) is 9.54. The number of ether oxygens (including phenoxy) is 3. The molecular weight excluding hydrogens is 468 g/mol. The maximum absolute atomic E-state index is 13.6. The number of fused-ring (bicyclic) bond motifs is 2. The molecule has 0 fully saturated rings. The summed E-state index contributed by atoms with van der Waals surface area (Å²) in [4.78, 5) is 40.1. The average molecular weight is 493 g/mol. The summed E-state index contributed by atoms with van der Waals surface area (Å²) in [5, 5.41) is 2.76. The molecule has 1 amide bonds. The number of rotatable bonds is 3. The Hall–Kier alpha value is -2.81. The Kier molecular flexibility index (Phi) is 5.69. The van der Waals surface area contributed by atoms with Gasteiger partial charge in [-0.1, -0.05) is 15.9 Å². The Balaban J connectivity index is 2.37. The van der Waals surface area contributed by atoms with E-state index in [0.717, 1.165) is 0 Å². The average Bonchev–Trinajstić information content (AvgIpc) is 2.84. The number of carbonyl (C=O) groups is 3. The first-order valence-corrected chi connectivity index (χ1v) is 10.5. The molecule has 1 spiro atoms. The van der Waals surface area contributed by atoms with Crippen molar-refractivity contribution in [2.45, 2.75) is 58.7 Å². The van der Waals surface area contributed by atoms with Gasteiger partial charge in [-0.15, -0.1) is 0 Å². The lowest BCUT2D eigenvalue weighted by atomic mass is 9.67. The number of esters is 2. The van der Waals surface area contributed by atoms with E-state index >= 15 is 0 Å². The van der Waals surface area contributed by atoms with Gasteiger partial charge in [-0.25, -0.2) is 9.59 Å². The van der Waals surface area contributed by atoms with Crippen molar-refractivity contribution >= 4 is 39.5 Å². The molecule has 0 radical (unpaired) electrons. The molecule has 0 aromatic heterocycles. The van der Waals surface area contributed by atoms with Crippen LogP contribution in [-0.2, 0) is 34.0 Å². The van der Waals surface area contributed by atoms with Crippen molar-refractivity contribution in [3.63, 3.8) is 0 Å². The van der Waals surface area contributed by atoms with Gasteiger partial charge >= 0.3 is 11.9 Å². The van der Waals surface area contributed by atoms with E-state index in [1.165, 1.54) is 6.92 Å². The largest absolute Gasteiger partial charge is 0.459 e. The second-order valence-electron chi connectivity index (χ2n) is 8.62. The van der Waals surface area contributed by atoms with Crippen LogP contribution >= 0.6 is 15.9 Å². The second kappa shape index (κ2) is 7.71. The van der Waals surface area contributed by atoms with E-state index in [9.17, 15) is 14.4 Å². The van der Waals surface area contributed by atoms with Gasteiger partial charge in [-0.05, 0) is 59.7 Å². The number of benzene rings is 1. The highest BCUT2D eigenvalue weighted by Crippen LogP contribution is 2.53. The van der Waals surface area contributed by atoms with Crippen molar-refractivity contribution in [1.82, 2.24) is 0 Å². The van der Waals surface area contributed by atoms with Crippen LogP contribution in [0.2, 0.25) is 0 Å². The number of hydrogen-bond donors (Lipinski definition) is 2. The fourth-order valence-corrected chi connectivity index (χ4v) is 4.13. The molecule has 166 valence electrons. The van der Waals surface area contributed by atoms with Gasteiger partial charge in [0.1, 0.15) is 27.9 Å². The number of allylic oxidation sites excluding steroid dienone is 1. The summed E-state index contributed by atoms with van der Waals surface area (Å²) in [6.07, 6.45) is -0.468. The fraction of sp³-hybridized carbons (Fsp3) is 0.409. The van der Waals surface area contributed by atoms with Crippen LogP contribution in [-0.4, -0.2) is 29.6 Å². The molecule has 0 aliphatic carbocycles. The Morgan fingerprint density at radius 1 is 1.19 bits per heavy atom. The Bertz CT molecular complexity index is 1050. The number of nitrogens with two attached hydrogens (primary N) is 1. The number of nitrogens with one attached hydrogen (secondary N) is 1. The van der Waals surface area contributed by atoms with Gasteiger partial charge in [-0.3, -0.25) is 4.79 Å². The molecule has 3 N–H and O–H groups in total. The third-order valence-corrected chi connectivity index (χ3v) is 5.23. The monoisotopic (exact) mass is 492 g/mol. The number of halogens is 1. The molecule has 0 saturated heterocycles. The van der Waals surface area contributed by atoms with Crippen LogP contribution in [0.5, 0.6) is 0 Å². The van der Waals surface area contributed by atoms with Crippen LogP contribution in [0.25, 0.3) is 0 Å². The quantitative estimate of drug-likeness (QED) is 0.620. The summed E-state index contributed by atoms with van der Waals surface area (Å²) in [5.74, 6) is -2.52. The Morgan fingerprint density at radius 3 is 2.42 bits per heavy atom. The Labute approximate surface area is 188 Å². The number of carbonyl (C=O) groups excluding carboxylic acids is 3. The van der Waals surface area contributed by atoms with Crippen LogP contribution in [0.4, 0.5) is 5.69 Å². The van der Waals surface area contributed by atoms with Crippen molar-refractivity contribution in [3.05, 3.63) is 51.0 Å². The molecule has 1 aromatic rings. The van der Waals surface area contributed by atoms with Crippen LogP contribution < -0.4 is 11.1 Å². The van der Waals surface area contributed by atoms with E-state index < -0.39 is 35.0 Å². The predicted molar refractivity (Wildman–Crippen MR) is 117 cm³/mol. The normalized spacial score (nSPS) is 20.6. The van der Waals surface area contributed by atoms with Crippen molar-refractivity contribution < 1.29 is 28.6 Å². The number of anilines is 1. The third kappa shape index (κ3) is 3.82. The minimum atomic E-state index is -1.89. The minimum Gasteiger partial charge on any atom is -0.459 e. The van der Waals surface area contributed by atoms with E-state index in [4.69, 9.17) is 19.9 Å². The summed E-state index contributed by atoms with van der Waals surface area (Å²) in [6.45, 7) is 9.93. The first-order chi connectivity index (χ1) is 14.3. The van der Waals surface area contributed by atoms with Crippen molar-refractivity contribution in [3.8, 4) is 0 Å². The van der Waals surface area contributed by atoms with Crippen molar-refractivity contribution in [2.24, 2.45) is 5.73 Å². The van der Waals surface area contributed by atoms with Crippen LogP contribution in [0.3, 0.4) is 0 Å². The zero-order valence-corrected chi connectivity index (χ0v) is 19.8. The summed E-state index contributed by atoms with van der Waals surface area (Å²) in [6, 6.07) is 5.07. The lowest BCUT2D eigenvalue weighted by molar-refractivity contribution is -0.152. The smallest absolute Gasteiger partial charge is 0.341 e. The molecule has 1 aromatic carbocycles. The van der Waals surface area contributed by atoms with Crippen LogP contribution in [0.15, 0.2) is 45.5 Å². The molecule has 8 nitrogen and oxygen atoms in total. The number of amides is 1. The molecule has 0 saturated carbocycles. The Morgan fingerprint density at radius 2 is 1.84 bits per heavy atom. The highest BCUT2D eigenvalue weighted by molar-refractivity contribution is 9.10. The van der Waals surface area contributed by atoms with Crippen molar-refractivity contribution in [2.75, 3.05) is 5.32 Å². The zero-order chi connectivity index (χ0) is 23.3. The van der Waals surface area contributed by atoms with Crippen molar-refractivity contribution in [1.29, 1.82) is 0 Å². The topological polar surface area (TPSA) is 117 Å². The molecule has 9 heteroatoms. The van der Waals surface area contributed by atoms with E-state index in [-0.39, 0.29) is 22.8 Å².